The number of benzene rings is 1. The topological polar surface area (TPSA) is 63.7 Å². The molecule has 0 N–H and O–H groups in total. The molecule has 1 fully saturated rings. The number of imide groups is 1. The highest BCUT2D eigenvalue weighted by Crippen LogP contribution is 2.33. The summed E-state index contributed by atoms with van der Waals surface area (Å²) in [4.78, 5) is 37.2. The number of carbonyl (C=O) groups excluding carboxylic acids is 3. The van der Waals surface area contributed by atoms with Crippen LogP contribution in [0.5, 0.6) is 0 Å². The highest BCUT2D eigenvalue weighted by molar-refractivity contribution is 8.18. The third-order valence-corrected chi connectivity index (χ3v) is 4.14. The van der Waals surface area contributed by atoms with Crippen LogP contribution in [0.4, 0.5) is 4.79 Å². The van der Waals surface area contributed by atoms with E-state index in [-0.39, 0.29) is 11.5 Å². The highest BCUT2D eigenvalue weighted by Gasteiger charge is 2.41. The fourth-order valence-electron chi connectivity index (χ4n) is 1.89. The summed E-state index contributed by atoms with van der Waals surface area (Å²) in [6.45, 7) is 3.33. The molecule has 0 radical (unpaired) electrons. The van der Waals surface area contributed by atoms with Gasteiger partial charge in [-0.25, -0.2) is 4.79 Å². The molecule has 2 amide bonds. The molecule has 0 spiro atoms. The number of carbonyl (C=O) groups is 3. The van der Waals surface area contributed by atoms with Gasteiger partial charge in [0.1, 0.15) is 6.04 Å². The van der Waals surface area contributed by atoms with Crippen molar-refractivity contribution < 1.29 is 19.1 Å². The largest absolute Gasteiger partial charge is 0.464 e. The van der Waals surface area contributed by atoms with Gasteiger partial charge >= 0.3 is 5.97 Å². The van der Waals surface area contributed by atoms with Crippen LogP contribution < -0.4 is 0 Å². The van der Waals surface area contributed by atoms with E-state index in [1.165, 1.54) is 6.92 Å². The second-order valence-corrected chi connectivity index (χ2v) is 5.96. The lowest BCUT2D eigenvalue weighted by Gasteiger charge is -2.19. The SMILES string of the molecule is CCOC(=O)C(C)N1C(=O)SC(=Cc2ccc(Cl)cc2)C1=O. The zero-order chi connectivity index (χ0) is 16.3. The van der Waals surface area contributed by atoms with Crippen LogP contribution in [-0.2, 0) is 14.3 Å². The van der Waals surface area contributed by atoms with Crippen LogP contribution in [0.1, 0.15) is 19.4 Å². The first-order chi connectivity index (χ1) is 10.4. The molecule has 5 nitrogen and oxygen atoms in total. The van der Waals surface area contributed by atoms with Crippen molar-refractivity contribution in [2.75, 3.05) is 6.61 Å². The maximum Gasteiger partial charge on any atom is 0.329 e. The summed E-state index contributed by atoms with van der Waals surface area (Å²) in [6.07, 6.45) is 1.60. The monoisotopic (exact) mass is 339 g/mol. The van der Waals surface area contributed by atoms with Gasteiger partial charge in [-0.3, -0.25) is 14.5 Å². The molecule has 22 heavy (non-hydrogen) atoms. The molecule has 7 heteroatoms. The minimum Gasteiger partial charge on any atom is -0.464 e. The number of amides is 2. The molecule has 1 unspecified atom stereocenters. The first-order valence-electron chi connectivity index (χ1n) is 6.63. The Morgan fingerprint density at radius 3 is 2.59 bits per heavy atom. The second kappa shape index (κ2) is 6.98. The average molecular weight is 340 g/mol. The van der Waals surface area contributed by atoms with Gasteiger partial charge in [0.15, 0.2) is 0 Å². The summed E-state index contributed by atoms with van der Waals surface area (Å²) in [6, 6.07) is 5.93. The first kappa shape index (κ1) is 16.6. The fraction of sp³-hybridized carbons (Fsp3) is 0.267. The molecule has 1 atom stereocenters. The molecule has 1 aliphatic rings. The Bertz CT molecular complexity index is 641. The number of rotatable bonds is 4. The van der Waals surface area contributed by atoms with Crippen LogP contribution in [0.2, 0.25) is 5.02 Å². The summed E-state index contributed by atoms with van der Waals surface area (Å²) < 4.78 is 4.85. The van der Waals surface area contributed by atoms with Gasteiger partial charge in [-0.2, -0.15) is 0 Å². The number of hydrogen-bond donors (Lipinski definition) is 0. The van der Waals surface area contributed by atoms with Gasteiger partial charge in [0.05, 0.1) is 11.5 Å². The molecular weight excluding hydrogens is 326 g/mol. The summed E-state index contributed by atoms with van der Waals surface area (Å²) >= 11 is 6.61. The van der Waals surface area contributed by atoms with Crippen LogP contribution in [0, 0.1) is 0 Å². The normalized spacial score (nSPS) is 18.0. The third-order valence-electron chi connectivity index (χ3n) is 3.01. The van der Waals surface area contributed by atoms with Crippen LogP contribution >= 0.6 is 23.4 Å². The maximum atomic E-state index is 12.3. The van der Waals surface area contributed by atoms with Crippen LogP contribution in [0.15, 0.2) is 29.2 Å². The molecule has 1 heterocycles. The van der Waals surface area contributed by atoms with Gasteiger partial charge in [0.2, 0.25) is 0 Å². The van der Waals surface area contributed by atoms with Crippen molar-refractivity contribution in [1.29, 1.82) is 0 Å². The van der Waals surface area contributed by atoms with E-state index in [1.807, 2.05) is 0 Å². The van der Waals surface area contributed by atoms with Gasteiger partial charge < -0.3 is 4.74 Å². The van der Waals surface area contributed by atoms with Gasteiger partial charge in [-0.1, -0.05) is 23.7 Å². The predicted molar refractivity (Wildman–Crippen MR) is 85.4 cm³/mol. The molecule has 1 aliphatic heterocycles. The second-order valence-electron chi connectivity index (χ2n) is 4.53. The molecule has 0 saturated carbocycles. The van der Waals surface area contributed by atoms with Crippen molar-refractivity contribution in [3.8, 4) is 0 Å². The Labute approximate surface area is 137 Å². The number of esters is 1. The number of nitrogens with zero attached hydrogens (tertiary/aromatic N) is 1. The smallest absolute Gasteiger partial charge is 0.329 e. The minimum absolute atomic E-state index is 0.194. The van der Waals surface area contributed by atoms with Gasteiger partial charge in [0, 0.05) is 5.02 Å². The standard InChI is InChI=1S/C15H14ClNO4S/c1-3-21-14(19)9(2)17-13(18)12(22-15(17)20)8-10-4-6-11(16)7-5-10/h4-9H,3H2,1-2H3. The van der Waals surface area contributed by atoms with Crippen molar-refractivity contribution in [2.24, 2.45) is 0 Å². The van der Waals surface area contributed by atoms with E-state index in [4.69, 9.17) is 16.3 Å². The Morgan fingerprint density at radius 1 is 1.36 bits per heavy atom. The molecule has 0 aliphatic carbocycles. The number of ether oxygens (including phenoxy) is 1. The zero-order valence-corrected chi connectivity index (χ0v) is 13.6. The Hall–Kier alpha value is -1.79. The molecule has 0 aromatic heterocycles. The molecule has 1 saturated heterocycles. The van der Waals surface area contributed by atoms with Crippen molar-refractivity contribution in [1.82, 2.24) is 4.90 Å². The number of halogens is 1. The summed E-state index contributed by atoms with van der Waals surface area (Å²) in [5, 5.41) is 0.104. The van der Waals surface area contributed by atoms with Crippen LogP contribution in [0.25, 0.3) is 6.08 Å². The lowest BCUT2D eigenvalue weighted by Crippen LogP contribution is -2.42. The number of thioether (sulfide) groups is 1. The van der Waals surface area contributed by atoms with Gasteiger partial charge in [-0.15, -0.1) is 0 Å². The Balaban J connectivity index is 2.21. The minimum atomic E-state index is -0.941. The summed E-state index contributed by atoms with van der Waals surface area (Å²) in [7, 11) is 0. The molecule has 1 aromatic rings. The van der Waals surface area contributed by atoms with Crippen molar-refractivity contribution in [3.05, 3.63) is 39.8 Å². The highest BCUT2D eigenvalue weighted by atomic mass is 35.5. The maximum absolute atomic E-state index is 12.3. The van der Waals surface area contributed by atoms with Crippen LogP contribution in [-0.4, -0.2) is 34.7 Å². The fourth-order valence-corrected chi connectivity index (χ4v) is 2.93. The number of hydrogen-bond acceptors (Lipinski definition) is 5. The summed E-state index contributed by atoms with van der Waals surface area (Å²) in [5.74, 6) is -1.09. The van der Waals surface area contributed by atoms with E-state index in [9.17, 15) is 14.4 Å². The third kappa shape index (κ3) is 3.51. The van der Waals surface area contributed by atoms with Crippen molar-refractivity contribution in [3.63, 3.8) is 0 Å². The van der Waals surface area contributed by atoms with E-state index in [0.29, 0.717) is 5.02 Å². The molecule has 0 bridgehead atoms. The molecule has 1 aromatic carbocycles. The van der Waals surface area contributed by atoms with Gasteiger partial charge in [0.25, 0.3) is 11.1 Å². The average Bonchev–Trinajstić information content (AvgIpc) is 2.75. The zero-order valence-electron chi connectivity index (χ0n) is 12.0. The van der Waals surface area contributed by atoms with Crippen molar-refractivity contribution in [2.45, 2.75) is 19.9 Å². The van der Waals surface area contributed by atoms with Crippen LogP contribution in [0.3, 0.4) is 0 Å². The summed E-state index contributed by atoms with van der Waals surface area (Å²) in [5.41, 5.74) is 0.749. The molecule has 116 valence electrons. The van der Waals surface area contributed by atoms with E-state index in [1.54, 1.807) is 37.3 Å². The van der Waals surface area contributed by atoms with Crippen molar-refractivity contribution >= 4 is 46.6 Å². The first-order valence-corrected chi connectivity index (χ1v) is 7.82. The predicted octanol–water partition coefficient (Wildman–Crippen LogP) is 3.33. The van der Waals surface area contributed by atoms with E-state index < -0.39 is 23.2 Å². The van der Waals surface area contributed by atoms with E-state index >= 15 is 0 Å². The van der Waals surface area contributed by atoms with E-state index in [0.717, 1.165) is 22.2 Å². The Morgan fingerprint density at radius 2 is 2.00 bits per heavy atom. The lowest BCUT2D eigenvalue weighted by molar-refractivity contribution is -0.150. The van der Waals surface area contributed by atoms with Gasteiger partial charge in [-0.05, 0) is 49.4 Å². The lowest BCUT2D eigenvalue weighted by atomic mass is 10.2. The molecular formula is C15H14ClNO4S. The van der Waals surface area contributed by atoms with E-state index in [2.05, 4.69) is 0 Å². The Kier molecular flexibility index (Phi) is 5.26. The quantitative estimate of drug-likeness (QED) is 0.622. The molecule has 2 rings (SSSR count).